The third kappa shape index (κ3) is 2.73. The first-order valence-corrected chi connectivity index (χ1v) is 6.27. The van der Waals surface area contributed by atoms with Gasteiger partial charge in [-0.1, -0.05) is 38.1 Å². The van der Waals surface area contributed by atoms with Crippen LogP contribution in [-0.4, -0.2) is 21.1 Å². The van der Waals surface area contributed by atoms with E-state index >= 15 is 0 Å². The molecule has 0 saturated carbocycles. The third-order valence-corrected chi connectivity index (χ3v) is 3.00. The summed E-state index contributed by atoms with van der Waals surface area (Å²) in [6, 6.07) is 8.34. The van der Waals surface area contributed by atoms with Gasteiger partial charge in [0.25, 0.3) is 0 Å². The second-order valence-electron chi connectivity index (χ2n) is 4.45. The zero-order valence-electron chi connectivity index (χ0n) is 10.7. The number of nitrogens with zero attached hydrogens (tertiary/aromatic N) is 3. The predicted molar refractivity (Wildman–Crippen MR) is 75.7 cm³/mol. The van der Waals surface area contributed by atoms with Gasteiger partial charge in [0.05, 0.1) is 6.21 Å². The van der Waals surface area contributed by atoms with Gasteiger partial charge in [-0.15, -0.1) is 0 Å². The Balaban J connectivity index is 2.22. The molecule has 0 saturated heterocycles. The van der Waals surface area contributed by atoms with E-state index in [0.717, 1.165) is 11.4 Å². The second-order valence-corrected chi connectivity index (χ2v) is 4.84. The monoisotopic (exact) mass is 260 g/mol. The van der Waals surface area contributed by atoms with Gasteiger partial charge in [0.15, 0.2) is 0 Å². The van der Waals surface area contributed by atoms with Crippen molar-refractivity contribution in [3.05, 3.63) is 46.0 Å². The van der Waals surface area contributed by atoms with Gasteiger partial charge < -0.3 is 0 Å². The fourth-order valence-corrected chi connectivity index (χ4v) is 1.82. The van der Waals surface area contributed by atoms with Crippen LogP contribution in [0.5, 0.6) is 0 Å². The standard InChI is InChI=1S/C13H16N4S/c1-9(2)12-6-4-11(5-7-12)8-14-17-10(3)15-16-13(17)18/h4-9H,1-3H3,(H,16,18)/b14-8-. The molecule has 1 aromatic carbocycles. The fourth-order valence-electron chi connectivity index (χ4n) is 1.60. The molecule has 2 aromatic rings. The maximum absolute atomic E-state index is 5.07. The molecule has 0 fully saturated rings. The lowest BCUT2D eigenvalue weighted by Crippen LogP contribution is -1.94. The van der Waals surface area contributed by atoms with Gasteiger partial charge in [-0.3, -0.25) is 5.10 Å². The van der Waals surface area contributed by atoms with Crippen LogP contribution in [0.1, 0.15) is 36.7 Å². The van der Waals surface area contributed by atoms with Crippen LogP contribution in [0, 0.1) is 11.7 Å². The summed E-state index contributed by atoms with van der Waals surface area (Å²) in [5.74, 6) is 1.29. The topological polar surface area (TPSA) is 46.0 Å². The third-order valence-electron chi connectivity index (χ3n) is 2.74. The van der Waals surface area contributed by atoms with E-state index in [-0.39, 0.29) is 0 Å². The molecule has 18 heavy (non-hydrogen) atoms. The maximum Gasteiger partial charge on any atom is 0.216 e. The first kappa shape index (κ1) is 12.7. The van der Waals surface area contributed by atoms with Crippen LogP contribution in [0.15, 0.2) is 29.4 Å². The molecule has 5 heteroatoms. The molecule has 0 bridgehead atoms. The Hall–Kier alpha value is -1.75. The summed E-state index contributed by atoms with van der Waals surface area (Å²) in [7, 11) is 0. The SMILES string of the molecule is Cc1n[nH]c(=S)n1/N=C\c1ccc(C(C)C)cc1. The minimum Gasteiger partial charge on any atom is -0.250 e. The van der Waals surface area contributed by atoms with E-state index in [9.17, 15) is 0 Å². The quantitative estimate of drug-likeness (QED) is 0.680. The smallest absolute Gasteiger partial charge is 0.216 e. The predicted octanol–water partition coefficient (Wildman–Crippen LogP) is 3.25. The van der Waals surface area contributed by atoms with Crippen molar-refractivity contribution in [3.8, 4) is 0 Å². The number of hydrogen-bond donors (Lipinski definition) is 1. The molecule has 0 amide bonds. The van der Waals surface area contributed by atoms with E-state index < -0.39 is 0 Å². The van der Waals surface area contributed by atoms with E-state index in [1.54, 1.807) is 10.9 Å². The number of H-pyrrole nitrogens is 1. The average Bonchev–Trinajstić information content (AvgIpc) is 2.67. The van der Waals surface area contributed by atoms with Gasteiger partial charge >= 0.3 is 0 Å². The van der Waals surface area contributed by atoms with Crippen LogP contribution in [-0.2, 0) is 0 Å². The highest BCUT2D eigenvalue weighted by Crippen LogP contribution is 2.13. The lowest BCUT2D eigenvalue weighted by Gasteiger charge is -2.04. The lowest BCUT2D eigenvalue weighted by atomic mass is 10.0. The highest BCUT2D eigenvalue weighted by atomic mass is 32.1. The van der Waals surface area contributed by atoms with Crippen LogP contribution in [0.25, 0.3) is 0 Å². The van der Waals surface area contributed by atoms with Crippen LogP contribution in [0.2, 0.25) is 0 Å². The molecule has 1 N–H and O–H groups in total. The van der Waals surface area contributed by atoms with Crippen molar-refractivity contribution in [1.29, 1.82) is 0 Å². The van der Waals surface area contributed by atoms with Crippen LogP contribution in [0.4, 0.5) is 0 Å². The molecule has 94 valence electrons. The van der Waals surface area contributed by atoms with Crippen LogP contribution >= 0.6 is 12.2 Å². The van der Waals surface area contributed by atoms with Crippen molar-refractivity contribution >= 4 is 18.4 Å². The van der Waals surface area contributed by atoms with Crippen molar-refractivity contribution in [3.63, 3.8) is 0 Å². The summed E-state index contributed by atoms with van der Waals surface area (Å²) < 4.78 is 2.11. The van der Waals surface area contributed by atoms with E-state index in [1.807, 2.05) is 6.92 Å². The molecule has 0 unspecified atom stereocenters. The Morgan fingerprint density at radius 1 is 1.33 bits per heavy atom. The number of aromatic amines is 1. The molecule has 0 aliphatic rings. The average molecular weight is 260 g/mol. The molecule has 0 radical (unpaired) electrons. The molecular weight excluding hydrogens is 244 g/mol. The van der Waals surface area contributed by atoms with Crippen molar-refractivity contribution in [2.45, 2.75) is 26.7 Å². The first-order chi connectivity index (χ1) is 8.58. The molecule has 1 heterocycles. The van der Waals surface area contributed by atoms with Gasteiger partial charge in [0.1, 0.15) is 5.82 Å². The van der Waals surface area contributed by atoms with Gasteiger partial charge in [-0.05, 0) is 36.2 Å². The molecule has 0 aliphatic heterocycles. The Bertz CT molecular complexity index is 605. The minimum atomic E-state index is 0.502. The highest BCUT2D eigenvalue weighted by Gasteiger charge is 1.99. The zero-order chi connectivity index (χ0) is 13.1. The Morgan fingerprint density at radius 3 is 2.50 bits per heavy atom. The van der Waals surface area contributed by atoms with Crippen LogP contribution < -0.4 is 0 Å². The van der Waals surface area contributed by atoms with E-state index in [1.165, 1.54) is 5.56 Å². The minimum absolute atomic E-state index is 0.502. The first-order valence-electron chi connectivity index (χ1n) is 5.86. The second kappa shape index (κ2) is 5.27. The van der Waals surface area contributed by atoms with Crippen LogP contribution in [0.3, 0.4) is 0 Å². The van der Waals surface area contributed by atoms with Crippen molar-refractivity contribution in [2.75, 3.05) is 0 Å². The molecule has 2 rings (SSSR count). The summed E-state index contributed by atoms with van der Waals surface area (Å²) in [5.41, 5.74) is 2.37. The summed E-state index contributed by atoms with van der Waals surface area (Å²) in [6.07, 6.45) is 1.78. The largest absolute Gasteiger partial charge is 0.250 e. The molecule has 0 atom stereocenters. The van der Waals surface area contributed by atoms with Crippen molar-refractivity contribution in [1.82, 2.24) is 14.9 Å². The molecule has 4 nitrogen and oxygen atoms in total. The summed E-state index contributed by atoms with van der Waals surface area (Å²) >= 11 is 5.07. The number of aromatic nitrogens is 3. The van der Waals surface area contributed by atoms with Gasteiger partial charge in [0, 0.05) is 0 Å². The summed E-state index contributed by atoms with van der Waals surface area (Å²) in [5, 5.41) is 11.0. The number of nitrogens with one attached hydrogen (secondary N) is 1. The fraction of sp³-hybridized carbons (Fsp3) is 0.308. The van der Waals surface area contributed by atoms with Gasteiger partial charge in [0.2, 0.25) is 4.77 Å². The van der Waals surface area contributed by atoms with Crippen molar-refractivity contribution in [2.24, 2.45) is 5.10 Å². The Morgan fingerprint density at radius 2 is 2.00 bits per heavy atom. The molecule has 0 spiro atoms. The van der Waals surface area contributed by atoms with E-state index in [0.29, 0.717) is 10.7 Å². The van der Waals surface area contributed by atoms with Crippen molar-refractivity contribution < 1.29 is 0 Å². The van der Waals surface area contributed by atoms with E-state index in [2.05, 4.69) is 53.4 Å². The summed E-state index contributed by atoms with van der Waals surface area (Å²) in [6.45, 7) is 6.21. The maximum atomic E-state index is 5.07. The van der Waals surface area contributed by atoms with Gasteiger partial charge in [-0.25, -0.2) is 0 Å². The van der Waals surface area contributed by atoms with E-state index in [4.69, 9.17) is 12.2 Å². The highest BCUT2D eigenvalue weighted by molar-refractivity contribution is 7.71. The Labute approximate surface area is 111 Å². The number of aryl methyl sites for hydroxylation is 1. The number of hydrogen-bond acceptors (Lipinski definition) is 3. The number of rotatable bonds is 3. The normalized spacial score (nSPS) is 11.6. The lowest BCUT2D eigenvalue weighted by molar-refractivity contribution is 0.820. The summed E-state index contributed by atoms with van der Waals surface area (Å²) in [4.78, 5) is 0. The van der Waals surface area contributed by atoms with Gasteiger partial charge in [-0.2, -0.15) is 14.9 Å². The molecule has 1 aromatic heterocycles. The zero-order valence-corrected chi connectivity index (χ0v) is 11.5. The Kier molecular flexibility index (Phi) is 3.72. The molecular formula is C13H16N4S. The number of benzene rings is 1. The molecule has 0 aliphatic carbocycles.